The van der Waals surface area contributed by atoms with Crippen LogP contribution in [0.4, 0.5) is 23.7 Å². The highest BCUT2D eigenvalue weighted by atomic mass is 19.4. The molecule has 1 aliphatic heterocycles. The van der Waals surface area contributed by atoms with Crippen molar-refractivity contribution in [2.24, 2.45) is 5.73 Å². The number of rotatable bonds is 4. The molecule has 0 unspecified atom stereocenters. The summed E-state index contributed by atoms with van der Waals surface area (Å²) in [7, 11) is 0. The molecule has 3 rings (SSSR count). The van der Waals surface area contributed by atoms with Crippen LogP contribution in [-0.2, 0) is 17.8 Å². The minimum Gasteiger partial charge on any atom is -0.388 e. The molecule has 2 aromatic rings. The smallest absolute Gasteiger partial charge is 0.388 e. The van der Waals surface area contributed by atoms with Crippen LogP contribution in [0.5, 0.6) is 5.88 Å². The van der Waals surface area contributed by atoms with E-state index in [1.165, 1.54) is 17.0 Å². The van der Waals surface area contributed by atoms with Crippen LogP contribution in [0, 0.1) is 0 Å². The molecule has 1 atom stereocenters. The number of carbonyl (C=O) groups excluding carboxylic acids is 2. The van der Waals surface area contributed by atoms with Gasteiger partial charge in [0.15, 0.2) is 0 Å². The van der Waals surface area contributed by atoms with E-state index in [0.29, 0.717) is 5.69 Å². The predicted octanol–water partition coefficient (Wildman–Crippen LogP) is 2.11. The molecule has 3 amide bonds. The minimum absolute atomic E-state index is 0.0954. The van der Waals surface area contributed by atoms with Gasteiger partial charge < -0.3 is 20.7 Å². The fraction of sp³-hybridized carbons (Fsp3) is 0.235. The van der Waals surface area contributed by atoms with Crippen LogP contribution < -0.4 is 20.7 Å². The van der Waals surface area contributed by atoms with Crippen molar-refractivity contribution < 1.29 is 27.5 Å². The first-order chi connectivity index (χ1) is 12.7. The number of nitrogens with zero attached hydrogens (tertiary/aromatic N) is 2. The topological polar surface area (TPSA) is 97.6 Å². The van der Waals surface area contributed by atoms with Crippen molar-refractivity contribution in [1.82, 2.24) is 10.3 Å². The molecule has 1 aliphatic rings. The van der Waals surface area contributed by atoms with Crippen LogP contribution in [0.1, 0.15) is 11.3 Å². The maximum Gasteiger partial charge on any atom is 0.574 e. The molecule has 0 saturated carbocycles. The summed E-state index contributed by atoms with van der Waals surface area (Å²) in [5, 5.41) is 2.38. The van der Waals surface area contributed by atoms with Gasteiger partial charge in [-0.15, -0.1) is 13.2 Å². The molecule has 0 bridgehead atoms. The summed E-state index contributed by atoms with van der Waals surface area (Å²) in [6.07, 6.45) is -4.60. The summed E-state index contributed by atoms with van der Waals surface area (Å²) in [6.45, 7) is -0.0954. The Morgan fingerprint density at radius 1 is 1.26 bits per heavy atom. The number of para-hydroxylation sites is 1. The third-order valence-corrected chi connectivity index (χ3v) is 3.91. The Kier molecular flexibility index (Phi) is 4.89. The van der Waals surface area contributed by atoms with E-state index < -0.39 is 30.2 Å². The third-order valence-electron chi connectivity index (χ3n) is 3.91. The Hall–Kier alpha value is -3.30. The number of primary amides is 1. The summed E-state index contributed by atoms with van der Waals surface area (Å²) in [6, 6.07) is 9.21. The first-order valence-electron chi connectivity index (χ1n) is 7.90. The zero-order valence-corrected chi connectivity index (χ0v) is 13.9. The average Bonchev–Trinajstić information content (AvgIpc) is 2.57. The van der Waals surface area contributed by atoms with Crippen LogP contribution in [0.25, 0.3) is 0 Å². The Morgan fingerprint density at radius 3 is 2.70 bits per heavy atom. The zero-order chi connectivity index (χ0) is 19.6. The summed E-state index contributed by atoms with van der Waals surface area (Å²) in [5.41, 5.74) is 6.70. The molecule has 27 heavy (non-hydrogen) atoms. The number of ether oxygens (including phenoxy) is 1. The average molecular weight is 380 g/mol. The van der Waals surface area contributed by atoms with Crippen LogP contribution in [0.15, 0.2) is 42.5 Å². The van der Waals surface area contributed by atoms with Crippen LogP contribution in [0.2, 0.25) is 0 Å². The van der Waals surface area contributed by atoms with Crippen LogP contribution in [0.3, 0.4) is 0 Å². The number of carbonyl (C=O) groups is 2. The molecule has 3 N–H and O–H groups in total. The number of halogens is 3. The molecule has 2 heterocycles. The molecular weight excluding hydrogens is 365 g/mol. The van der Waals surface area contributed by atoms with Gasteiger partial charge in [0.2, 0.25) is 11.8 Å². The first kappa shape index (κ1) is 18.5. The van der Waals surface area contributed by atoms with Crippen LogP contribution in [-0.4, -0.2) is 29.3 Å². The number of hydrogen-bond donors (Lipinski definition) is 2. The predicted molar refractivity (Wildman–Crippen MR) is 88.8 cm³/mol. The molecule has 0 aliphatic carbocycles. The number of amides is 3. The zero-order valence-electron chi connectivity index (χ0n) is 13.9. The molecule has 142 valence electrons. The van der Waals surface area contributed by atoms with E-state index in [-0.39, 0.29) is 18.7 Å². The van der Waals surface area contributed by atoms with Crippen molar-refractivity contribution in [1.29, 1.82) is 0 Å². The quantitative estimate of drug-likeness (QED) is 0.849. The molecule has 0 saturated heterocycles. The number of nitrogens with one attached hydrogen (secondary N) is 1. The lowest BCUT2D eigenvalue weighted by Gasteiger charge is -2.34. The Bertz CT molecular complexity index is 872. The molecule has 0 radical (unpaired) electrons. The maximum absolute atomic E-state index is 12.8. The van der Waals surface area contributed by atoms with Crippen LogP contribution >= 0.6 is 0 Å². The van der Waals surface area contributed by atoms with Gasteiger partial charge in [0.05, 0.1) is 12.2 Å². The second-order valence-corrected chi connectivity index (χ2v) is 5.83. The van der Waals surface area contributed by atoms with Crippen molar-refractivity contribution in [3.63, 3.8) is 0 Å². The van der Waals surface area contributed by atoms with E-state index >= 15 is 0 Å². The van der Waals surface area contributed by atoms with Gasteiger partial charge >= 0.3 is 12.4 Å². The van der Waals surface area contributed by atoms with Gasteiger partial charge in [-0.2, -0.15) is 0 Å². The third kappa shape index (κ3) is 4.46. The second-order valence-electron chi connectivity index (χ2n) is 5.83. The highest BCUT2D eigenvalue weighted by molar-refractivity contribution is 6.01. The fourth-order valence-electron chi connectivity index (χ4n) is 2.89. The Morgan fingerprint density at radius 2 is 2.00 bits per heavy atom. The van der Waals surface area contributed by atoms with E-state index in [1.807, 2.05) is 0 Å². The van der Waals surface area contributed by atoms with Gasteiger partial charge in [0.1, 0.15) is 6.04 Å². The van der Waals surface area contributed by atoms with Crippen molar-refractivity contribution in [2.45, 2.75) is 25.4 Å². The molecule has 10 heteroatoms. The first-order valence-corrected chi connectivity index (χ1v) is 7.90. The highest BCUT2D eigenvalue weighted by Gasteiger charge is 2.34. The summed E-state index contributed by atoms with van der Waals surface area (Å²) < 4.78 is 41.0. The van der Waals surface area contributed by atoms with E-state index in [0.717, 1.165) is 11.6 Å². The summed E-state index contributed by atoms with van der Waals surface area (Å²) in [5.74, 6) is -1.05. The lowest BCUT2D eigenvalue weighted by molar-refractivity contribution is -0.276. The van der Waals surface area contributed by atoms with Crippen molar-refractivity contribution in [3.05, 3.63) is 53.7 Å². The van der Waals surface area contributed by atoms with E-state index in [2.05, 4.69) is 15.0 Å². The van der Waals surface area contributed by atoms with Gasteiger partial charge in [0, 0.05) is 18.2 Å². The number of nitrogens with two attached hydrogens (primary N) is 1. The molecule has 7 nitrogen and oxygen atoms in total. The largest absolute Gasteiger partial charge is 0.574 e. The second kappa shape index (κ2) is 7.14. The van der Waals surface area contributed by atoms with E-state index in [4.69, 9.17) is 5.73 Å². The Labute approximate surface area is 151 Å². The maximum atomic E-state index is 12.8. The van der Waals surface area contributed by atoms with Crippen molar-refractivity contribution in [3.8, 4) is 5.88 Å². The fourth-order valence-corrected chi connectivity index (χ4v) is 2.89. The molecule has 1 aromatic heterocycles. The molecular formula is C17H15F3N4O3. The molecule has 1 aromatic carbocycles. The lowest BCUT2D eigenvalue weighted by Crippen LogP contribution is -2.53. The number of alkyl halides is 3. The monoisotopic (exact) mass is 380 g/mol. The van der Waals surface area contributed by atoms with Crippen molar-refractivity contribution >= 4 is 17.6 Å². The van der Waals surface area contributed by atoms with Gasteiger partial charge in [-0.1, -0.05) is 24.3 Å². The van der Waals surface area contributed by atoms with Gasteiger partial charge in [0.25, 0.3) is 0 Å². The molecule has 0 fully saturated rings. The lowest BCUT2D eigenvalue weighted by atomic mass is 9.97. The normalized spacial score (nSPS) is 16.6. The number of hydrogen-bond acceptors (Lipinski definition) is 4. The number of pyridine rings is 1. The minimum atomic E-state index is -4.87. The SMILES string of the molecule is NC(=O)N[C@@H]1Cc2ccccc2N(Cc2cccc(OC(F)(F)F)n2)C1=O. The number of benzene rings is 1. The summed E-state index contributed by atoms with van der Waals surface area (Å²) >= 11 is 0. The number of anilines is 1. The number of fused-ring (bicyclic) bond motifs is 1. The summed E-state index contributed by atoms with van der Waals surface area (Å²) in [4.78, 5) is 29.1. The van der Waals surface area contributed by atoms with Gasteiger partial charge in [-0.25, -0.2) is 9.78 Å². The standard InChI is InChI=1S/C17H15F3N4O3/c18-17(19,20)27-14-7-3-5-11(22-14)9-24-13-6-2-1-4-10(13)8-12(15(24)25)23-16(21)26/h1-7,12H,8-9H2,(H3,21,23,26)/t12-/m1/s1. The highest BCUT2D eigenvalue weighted by Crippen LogP contribution is 2.29. The molecule has 0 spiro atoms. The van der Waals surface area contributed by atoms with E-state index in [1.54, 1.807) is 24.3 Å². The number of aromatic nitrogens is 1. The Balaban J connectivity index is 1.89. The van der Waals surface area contributed by atoms with Crippen molar-refractivity contribution in [2.75, 3.05) is 4.90 Å². The van der Waals surface area contributed by atoms with E-state index in [9.17, 15) is 22.8 Å². The van der Waals surface area contributed by atoms with Gasteiger partial charge in [-0.05, 0) is 17.7 Å². The number of urea groups is 1. The van der Waals surface area contributed by atoms with Gasteiger partial charge in [-0.3, -0.25) is 4.79 Å².